The van der Waals surface area contributed by atoms with E-state index in [9.17, 15) is 14.4 Å². The molecule has 224 valence electrons. The van der Waals surface area contributed by atoms with Gasteiger partial charge in [-0.2, -0.15) is 0 Å². The molecule has 0 aromatic heterocycles. The van der Waals surface area contributed by atoms with Crippen molar-refractivity contribution in [3.05, 3.63) is 140 Å². The molecule has 1 aliphatic heterocycles. The highest BCUT2D eigenvalue weighted by Gasteiger charge is 2.36. The van der Waals surface area contributed by atoms with E-state index in [-0.39, 0.29) is 17.9 Å². The predicted molar refractivity (Wildman–Crippen MR) is 176 cm³/mol. The van der Waals surface area contributed by atoms with Crippen molar-refractivity contribution in [2.45, 2.75) is 13.2 Å². The van der Waals surface area contributed by atoms with Gasteiger partial charge in [-0.25, -0.2) is 9.69 Å². The summed E-state index contributed by atoms with van der Waals surface area (Å²) in [7, 11) is 0. The maximum absolute atomic E-state index is 13.4. The van der Waals surface area contributed by atoms with Crippen LogP contribution in [0.5, 0.6) is 11.5 Å². The molecule has 1 saturated heterocycles. The molecule has 1 fully saturated rings. The Hall–Kier alpha value is -4.82. The lowest BCUT2D eigenvalue weighted by molar-refractivity contribution is -0.122. The number of amides is 4. The lowest BCUT2D eigenvalue weighted by Crippen LogP contribution is -2.54. The van der Waals surface area contributed by atoms with Crippen molar-refractivity contribution in [3.63, 3.8) is 0 Å². The number of nitrogens with one attached hydrogen (secondary N) is 1. The summed E-state index contributed by atoms with van der Waals surface area (Å²) in [6.45, 7) is 0.494. The summed E-state index contributed by atoms with van der Waals surface area (Å²) in [6, 6.07) is 29.5. The third kappa shape index (κ3) is 6.66. The van der Waals surface area contributed by atoms with E-state index in [0.717, 1.165) is 26.8 Å². The SMILES string of the molecule is O=C1NC(=O)N(c2ccc(OCc3ccc(Cl)cc3Cl)cc2)C(=O)/C1=C/c1ccc(OCc2cccc3ccccc23)c(Cl)c1. The number of ether oxygens (including phenoxy) is 2. The quantitative estimate of drug-likeness (QED) is 0.133. The second-order valence-electron chi connectivity index (χ2n) is 10.1. The highest BCUT2D eigenvalue weighted by atomic mass is 35.5. The van der Waals surface area contributed by atoms with E-state index in [1.54, 1.807) is 60.7 Å². The van der Waals surface area contributed by atoms with E-state index in [0.29, 0.717) is 38.7 Å². The summed E-state index contributed by atoms with van der Waals surface area (Å²) in [4.78, 5) is 39.7. The summed E-state index contributed by atoms with van der Waals surface area (Å²) in [6.07, 6.45) is 1.38. The molecule has 4 amide bonds. The Kier molecular flexibility index (Phi) is 8.76. The summed E-state index contributed by atoms with van der Waals surface area (Å²) in [5, 5.41) is 5.72. The lowest BCUT2D eigenvalue weighted by atomic mass is 10.1. The van der Waals surface area contributed by atoms with Crippen molar-refractivity contribution >= 4 is 75.2 Å². The zero-order chi connectivity index (χ0) is 31.5. The molecule has 0 aliphatic carbocycles. The van der Waals surface area contributed by atoms with Crippen LogP contribution in [0, 0.1) is 0 Å². The van der Waals surface area contributed by atoms with Gasteiger partial charge in [0.05, 0.1) is 10.7 Å². The highest BCUT2D eigenvalue weighted by molar-refractivity contribution is 6.39. The van der Waals surface area contributed by atoms with Crippen molar-refractivity contribution in [2.24, 2.45) is 0 Å². The van der Waals surface area contributed by atoms with E-state index in [1.807, 2.05) is 42.5 Å². The molecule has 6 rings (SSSR count). The van der Waals surface area contributed by atoms with Crippen LogP contribution in [0.3, 0.4) is 0 Å². The predicted octanol–water partition coefficient (Wildman–Crippen LogP) is 8.62. The number of halogens is 3. The minimum Gasteiger partial charge on any atom is -0.489 e. The van der Waals surface area contributed by atoms with E-state index in [4.69, 9.17) is 44.3 Å². The average molecular weight is 658 g/mol. The van der Waals surface area contributed by atoms with Gasteiger partial charge in [-0.3, -0.25) is 14.9 Å². The third-order valence-corrected chi connectivity index (χ3v) is 8.02. The molecular formula is C35H23Cl3N2O5. The van der Waals surface area contributed by atoms with Crippen LogP contribution in [0.1, 0.15) is 16.7 Å². The Bertz CT molecular complexity index is 1990. The number of fused-ring (bicyclic) bond motifs is 1. The number of carbonyl (C=O) groups excluding carboxylic acids is 3. The maximum atomic E-state index is 13.4. The number of rotatable bonds is 8. The molecule has 1 N–H and O–H groups in total. The first-order valence-electron chi connectivity index (χ1n) is 13.7. The maximum Gasteiger partial charge on any atom is 0.335 e. The topological polar surface area (TPSA) is 84.9 Å². The van der Waals surface area contributed by atoms with Crippen molar-refractivity contribution in [3.8, 4) is 11.5 Å². The number of anilines is 1. The molecule has 0 bridgehead atoms. The van der Waals surface area contributed by atoms with Gasteiger partial charge in [-0.15, -0.1) is 0 Å². The van der Waals surface area contributed by atoms with Crippen molar-refractivity contribution in [2.75, 3.05) is 4.90 Å². The van der Waals surface area contributed by atoms with E-state index >= 15 is 0 Å². The van der Waals surface area contributed by atoms with Crippen LogP contribution in [-0.2, 0) is 22.8 Å². The van der Waals surface area contributed by atoms with Gasteiger partial charge >= 0.3 is 6.03 Å². The second kappa shape index (κ2) is 13.0. The highest BCUT2D eigenvalue weighted by Crippen LogP contribution is 2.30. The molecule has 10 heteroatoms. The number of nitrogens with zero attached hydrogens (tertiary/aromatic N) is 1. The molecule has 0 atom stereocenters. The molecule has 7 nitrogen and oxygen atoms in total. The zero-order valence-corrected chi connectivity index (χ0v) is 25.7. The Labute approximate surface area is 273 Å². The molecule has 1 aliphatic rings. The van der Waals surface area contributed by atoms with Crippen LogP contribution >= 0.6 is 34.8 Å². The number of barbiturate groups is 1. The number of benzene rings is 5. The van der Waals surface area contributed by atoms with Gasteiger partial charge in [0.2, 0.25) is 0 Å². The third-order valence-electron chi connectivity index (χ3n) is 7.14. The van der Waals surface area contributed by atoms with Crippen molar-refractivity contribution in [1.29, 1.82) is 0 Å². The Morgan fingerprint density at radius 1 is 0.711 bits per heavy atom. The Balaban J connectivity index is 1.16. The standard InChI is InChI=1S/C35H23Cl3N2O5/c36-25-10-9-24(30(37)18-25)20-44-27-13-11-26(12-14-27)40-34(42)29(33(41)39-35(40)43)16-21-8-15-32(31(38)17-21)45-19-23-6-3-5-22-4-1-2-7-28(22)23/h1-18H,19-20H2,(H,39,41,43)/b29-16+. The molecule has 0 saturated carbocycles. The van der Waals surface area contributed by atoms with Gasteiger partial charge in [0.25, 0.3) is 11.8 Å². The van der Waals surface area contributed by atoms with Crippen LogP contribution in [0.4, 0.5) is 10.5 Å². The van der Waals surface area contributed by atoms with Gasteiger partial charge in [0.1, 0.15) is 30.3 Å². The summed E-state index contributed by atoms with van der Waals surface area (Å²) < 4.78 is 11.8. The van der Waals surface area contributed by atoms with Gasteiger partial charge in [-0.05, 0) is 76.5 Å². The zero-order valence-electron chi connectivity index (χ0n) is 23.4. The fraction of sp³-hybridized carbons (Fsp3) is 0.0571. The van der Waals surface area contributed by atoms with Crippen molar-refractivity contribution in [1.82, 2.24) is 5.32 Å². The Morgan fingerprint density at radius 3 is 2.24 bits per heavy atom. The largest absolute Gasteiger partial charge is 0.489 e. The van der Waals surface area contributed by atoms with Crippen LogP contribution in [0.15, 0.2) is 109 Å². The molecular weight excluding hydrogens is 635 g/mol. The van der Waals surface area contributed by atoms with E-state index < -0.39 is 17.8 Å². The van der Waals surface area contributed by atoms with E-state index in [1.165, 1.54) is 6.08 Å². The van der Waals surface area contributed by atoms with Crippen molar-refractivity contribution < 1.29 is 23.9 Å². The fourth-order valence-electron chi connectivity index (χ4n) is 4.85. The fourth-order valence-corrected chi connectivity index (χ4v) is 5.55. The first-order valence-corrected chi connectivity index (χ1v) is 14.9. The summed E-state index contributed by atoms with van der Waals surface area (Å²) >= 11 is 18.7. The van der Waals surface area contributed by atoms with Gasteiger partial charge < -0.3 is 9.47 Å². The number of hydrogen-bond donors (Lipinski definition) is 1. The minimum absolute atomic E-state index is 0.190. The van der Waals surface area contributed by atoms with E-state index in [2.05, 4.69) is 5.32 Å². The van der Waals surface area contributed by atoms with Gasteiger partial charge in [0, 0.05) is 15.6 Å². The molecule has 5 aromatic carbocycles. The van der Waals surface area contributed by atoms with Crippen LogP contribution < -0.4 is 19.7 Å². The van der Waals surface area contributed by atoms with Crippen LogP contribution in [0.25, 0.3) is 16.8 Å². The smallest absolute Gasteiger partial charge is 0.335 e. The number of hydrogen-bond acceptors (Lipinski definition) is 5. The molecule has 1 heterocycles. The van der Waals surface area contributed by atoms with Crippen LogP contribution in [0.2, 0.25) is 15.1 Å². The first kappa shape index (κ1) is 30.2. The molecule has 45 heavy (non-hydrogen) atoms. The second-order valence-corrected chi connectivity index (χ2v) is 11.3. The average Bonchev–Trinajstić information content (AvgIpc) is 3.03. The monoisotopic (exact) mass is 656 g/mol. The molecule has 0 spiro atoms. The number of imide groups is 2. The molecule has 5 aromatic rings. The normalized spacial score (nSPS) is 14.2. The lowest BCUT2D eigenvalue weighted by Gasteiger charge is -2.26. The number of carbonyl (C=O) groups is 3. The minimum atomic E-state index is -0.862. The molecule has 0 radical (unpaired) electrons. The first-order chi connectivity index (χ1) is 21.8. The summed E-state index contributed by atoms with van der Waals surface area (Å²) in [5.74, 6) is -0.659. The van der Waals surface area contributed by atoms with Crippen LogP contribution in [-0.4, -0.2) is 17.8 Å². The summed E-state index contributed by atoms with van der Waals surface area (Å²) in [5.41, 5.74) is 2.26. The van der Waals surface area contributed by atoms with Gasteiger partial charge in [0.15, 0.2) is 0 Å². The Morgan fingerprint density at radius 2 is 1.47 bits per heavy atom. The number of urea groups is 1. The molecule has 0 unspecified atom stereocenters. The van der Waals surface area contributed by atoms with Gasteiger partial charge in [-0.1, -0.05) is 89.4 Å².